The minimum Gasteiger partial charge on any atom is -0.451 e. The van der Waals surface area contributed by atoms with Gasteiger partial charge in [-0.05, 0) is 42.8 Å². The van der Waals surface area contributed by atoms with E-state index < -0.39 is 5.97 Å². The number of likely N-dealkylation sites (N-methyl/N-ethyl adjacent to an activating group) is 1. The molecule has 0 spiro atoms. The maximum atomic E-state index is 13.2. The lowest BCUT2D eigenvalue weighted by atomic mass is 10.2. The van der Waals surface area contributed by atoms with Gasteiger partial charge >= 0.3 is 5.97 Å². The highest BCUT2D eigenvalue weighted by molar-refractivity contribution is 7.20. The SMILES string of the molecule is Cc1nn(-c2ccc(F)cc2)c2sc(C(=O)OCC(=O)N(C)Cc3ccccc3)cc12. The fourth-order valence-electron chi connectivity index (χ4n) is 3.16. The number of benzene rings is 2. The van der Waals surface area contributed by atoms with Crippen molar-refractivity contribution in [3.8, 4) is 5.69 Å². The second-order valence-corrected chi connectivity index (χ2v) is 8.15. The summed E-state index contributed by atoms with van der Waals surface area (Å²) in [6.07, 6.45) is 0. The quantitative estimate of drug-likeness (QED) is 0.421. The predicted octanol–water partition coefficient (Wildman–Crippen LogP) is 4.35. The summed E-state index contributed by atoms with van der Waals surface area (Å²) in [7, 11) is 1.67. The molecule has 31 heavy (non-hydrogen) atoms. The van der Waals surface area contributed by atoms with E-state index >= 15 is 0 Å². The third-order valence-corrected chi connectivity index (χ3v) is 5.92. The highest BCUT2D eigenvalue weighted by Crippen LogP contribution is 2.30. The second kappa shape index (κ2) is 8.69. The van der Waals surface area contributed by atoms with Gasteiger partial charge in [0.25, 0.3) is 5.91 Å². The first-order valence-corrected chi connectivity index (χ1v) is 10.4. The maximum absolute atomic E-state index is 13.2. The third-order valence-electron chi connectivity index (χ3n) is 4.83. The Morgan fingerprint density at radius 3 is 2.55 bits per heavy atom. The van der Waals surface area contributed by atoms with Crippen molar-refractivity contribution >= 4 is 33.4 Å². The Balaban J connectivity index is 1.45. The molecule has 2 aromatic heterocycles. The number of carbonyl (C=O) groups is 2. The van der Waals surface area contributed by atoms with Gasteiger partial charge in [0.1, 0.15) is 15.5 Å². The number of aryl methyl sites for hydroxylation is 1. The number of fused-ring (bicyclic) bond motifs is 1. The Kier molecular flexibility index (Phi) is 5.81. The smallest absolute Gasteiger partial charge is 0.348 e. The lowest BCUT2D eigenvalue weighted by Crippen LogP contribution is -2.30. The molecule has 158 valence electrons. The van der Waals surface area contributed by atoms with Crippen molar-refractivity contribution in [2.75, 3.05) is 13.7 Å². The zero-order valence-corrected chi connectivity index (χ0v) is 17.9. The fourth-order valence-corrected chi connectivity index (χ4v) is 4.24. The molecule has 0 saturated carbocycles. The Hall–Kier alpha value is -3.52. The van der Waals surface area contributed by atoms with E-state index in [0.717, 1.165) is 21.5 Å². The van der Waals surface area contributed by atoms with E-state index in [0.29, 0.717) is 17.1 Å². The number of halogens is 1. The van der Waals surface area contributed by atoms with E-state index in [1.807, 2.05) is 37.3 Å². The van der Waals surface area contributed by atoms with Crippen molar-refractivity contribution < 1.29 is 18.7 Å². The Morgan fingerprint density at radius 2 is 1.84 bits per heavy atom. The normalized spacial score (nSPS) is 10.9. The molecule has 0 atom stereocenters. The number of aromatic nitrogens is 2. The third kappa shape index (κ3) is 4.49. The molecular formula is C23H20FN3O3S. The minimum atomic E-state index is -0.562. The van der Waals surface area contributed by atoms with Gasteiger partial charge < -0.3 is 9.64 Å². The number of esters is 1. The van der Waals surface area contributed by atoms with Gasteiger partial charge in [0, 0.05) is 19.0 Å². The first kappa shape index (κ1) is 20.7. The Morgan fingerprint density at radius 1 is 1.13 bits per heavy atom. The van der Waals surface area contributed by atoms with Crippen LogP contribution < -0.4 is 0 Å². The van der Waals surface area contributed by atoms with Crippen molar-refractivity contribution in [2.24, 2.45) is 0 Å². The molecule has 0 unspecified atom stereocenters. The molecule has 4 rings (SSSR count). The summed E-state index contributed by atoms with van der Waals surface area (Å²) in [5.41, 5.74) is 2.43. The first-order valence-electron chi connectivity index (χ1n) is 9.62. The van der Waals surface area contributed by atoms with Crippen molar-refractivity contribution in [2.45, 2.75) is 13.5 Å². The van der Waals surface area contributed by atoms with Gasteiger partial charge in [-0.2, -0.15) is 5.10 Å². The topological polar surface area (TPSA) is 64.4 Å². The average molecular weight is 437 g/mol. The van der Waals surface area contributed by atoms with E-state index in [4.69, 9.17) is 4.74 Å². The van der Waals surface area contributed by atoms with Gasteiger partial charge in [-0.15, -0.1) is 11.3 Å². The zero-order valence-electron chi connectivity index (χ0n) is 17.0. The summed E-state index contributed by atoms with van der Waals surface area (Å²) in [5.74, 6) is -1.18. The highest BCUT2D eigenvalue weighted by Gasteiger charge is 2.20. The molecule has 0 radical (unpaired) electrons. The molecule has 2 aromatic carbocycles. The van der Waals surface area contributed by atoms with Gasteiger partial charge in [0.05, 0.1) is 11.4 Å². The summed E-state index contributed by atoms with van der Waals surface area (Å²) in [6.45, 7) is 1.94. The maximum Gasteiger partial charge on any atom is 0.348 e. The van der Waals surface area contributed by atoms with Crippen LogP contribution in [0, 0.1) is 12.7 Å². The Bertz CT molecular complexity index is 1230. The number of hydrogen-bond donors (Lipinski definition) is 0. The number of nitrogens with zero attached hydrogens (tertiary/aromatic N) is 3. The fraction of sp³-hybridized carbons (Fsp3) is 0.174. The number of ether oxygens (including phenoxy) is 1. The van der Waals surface area contributed by atoms with E-state index in [-0.39, 0.29) is 18.3 Å². The van der Waals surface area contributed by atoms with Gasteiger partial charge in [-0.25, -0.2) is 13.9 Å². The van der Waals surface area contributed by atoms with E-state index in [1.165, 1.54) is 28.4 Å². The van der Waals surface area contributed by atoms with Crippen LogP contribution in [0.5, 0.6) is 0 Å². The van der Waals surface area contributed by atoms with Crippen LogP contribution in [0.4, 0.5) is 4.39 Å². The predicted molar refractivity (Wildman–Crippen MR) is 117 cm³/mol. The van der Waals surface area contributed by atoms with Crippen molar-refractivity contribution in [3.05, 3.63) is 82.6 Å². The first-order chi connectivity index (χ1) is 14.9. The molecule has 4 aromatic rings. The summed E-state index contributed by atoms with van der Waals surface area (Å²) >= 11 is 1.22. The van der Waals surface area contributed by atoms with Gasteiger partial charge in [-0.3, -0.25) is 4.79 Å². The van der Waals surface area contributed by atoms with E-state index in [2.05, 4.69) is 5.10 Å². The van der Waals surface area contributed by atoms with Crippen LogP contribution >= 0.6 is 11.3 Å². The highest BCUT2D eigenvalue weighted by atomic mass is 32.1. The molecule has 0 saturated heterocycles. The summed E-state index contributed by atoms with van der Waals surface area (Å²) in [4.78, 5) is 27.5. The molecule has 0 fully saturated rings. The molecule has 2 heterocycles. The Labute approximate surface area is 182 Å². The van der Waals surface area contributed by atoms with Crippen molar-refractivity contribution in [1.82, 2.24) is 14.7 Å². The number of rotatable bonds is 6. The van der Waals surface area contributed by atoms with Gasteiger partial charge in [0.2, 0.25) is 0 Å². The number of amides is 1. The van der Waals surface area contributed by atoms with Crippen LogP contribution in [0.2, 0.25) is 0 Å². The molecule has 0 N–H and O–H groups in total. The van der Waals surface area contributed by atoms with Crippen LogP contribution in [0.25, 0.3) is 15.9 Å². The van der Waals surface area contributed by atoms with Crippen LogP contribution in [0.15, 0.2) is 60.7 Å². The largest absolute Gasteiger partial charge is 0.451 e. The number of carbonyl (C=O) groups excluding carboxylic acids is 2. The minimum absolute atomic E-state index is 0.285. The summed E-state index contributed by atoms with van der Waals surface area (Å²) < 4.78 is 20.2. The van der Waals surface area contributed by atoms with E-state index in [9.17, 15) is 14.0 Å². The van der Waals surface area contributed by atoms with Gasteiger partial charge in [0.15, 0.2) is 6.61 Å². The monoisotopic (exact) mass is 437 g/mol. The van der Waals surface area contributed by atoms with Crippen LogP contribution in [0.3, 0.4) is 0 Å². The summed E-state index contributed by atoms with van der Waals surface area (Å²) in [5, 5.41) is 5.29. The van der Waals surface area contributed by atoms with E-state index in [1.54, 1.807) is 29.9 Å². The lowest BCUT2D eigenvalue weighted by Gasteiger charge is -2.17. The molecule has 6 nitrogen and oxygen atoms in total. The molecule has 8 heteroatoms. The van der Waals surface area contributed by atoms with Gasteiger partial charge in [-0.1, -0.05) is 30.3 Å². The standard InChI is InChI=1S/C23H20FN3O3S/c1-15-19-12-20(31-22(19)27(25-15)18-10-8-17(24)9-11-18)23(29)30-14-21(28)26(2)13-16-6-4-3-5-7-16/h3-12H,13-14H2,1-2H3. The number of hydrogen-bond acceptors (Lipinski definition) is 5. The molecule has 0 aliphatic carbocycles. The lowest BCUT2D eigenvalue weighted by molar-refractivity contribution is -0.133. The number of thiophene rings is 1. The van der Waals surface area contributed by atoms with Crippen LogP contribution in [-0.4, -0.2) is 40.2 Å². The zero-order chi connectivity index (χ0) is 22.0. The second-order valence-electron chi connectivity index (χ2n) is 7.11. The van der Waals surface area contributed by atoms with Crippen molar-refractivity contribution in [1.29, 1.82) is 0 Å². The molecule has 0 aliphatic heterocycles. The molecular weight excluding hydrogens is 417 g/mol. The van der Waals surface area contributed by atoms with Crippen molar-refractivity contribution in [3.63, 3.8) is 0 Å². The molecule has 1 amide bonds. The average Bonchev–Trinajstić information content (AvgIpc) is 3.34. The molecule has 0 aliphatic rings. The van der Waals surface area contributed by atoms with Crippen LogP contribution in [-0.2, 0) is 16.1 Å². The van der Waals surface area contributed by atoms with Crippen LogP contribution in [0.1, 0.15) is 20.9 Å². The summed E-state index contributed by atoms with van der Waals surface area (Å²) in [6, 6.07) is 17.3. The molecule has 0 bridgehead atoms.